The Bertz CT molecular complexity index is 484. The molecule has 0 saturated carbocycles. The highest BCUT2D eigenvalue weighted by atomic mass is 16.5. The number of hydrogen-bond acceptors (Lipinski definition) is 4. The van der Waals surface area contributed by atoms with E-state index in [1.165, 1.54) is 0 Å². The van der Waals surface area contributed by atoms with Crippen LogP contribution in [0.1, 0.15) is 22.3 Å². The molecule has 0 bridgehead atoms. The van der Waals surface area contributed by atoms with Gasteiger partial charge in [-0.05, 0) is 30.2 Å². The molecule has 0 aromatic heterocycles. The standard InChI is InChI=1S/C13H15NO4/c1-14-11-4-2-10(13(17)18-7-6-15)8-9(11)3-5-12(14)16/h2,4,8,15H,3,5-7H2,1H3. The van der Waals surface area contributed by atoms with Crippen LogP contribution in [0.5, 0.6) is 0 Å². The Morgan fingerprint density at radius 2 is 2.22 bits per heavy atom. The van der Waals surface area contributed by atoms with Crippen molar-refractivity contribution >= 4 is 17.6 Å². The molecule has 0 atom stereocenters. The van der Waals surface area contributed by atoms with E-state index in [9.17, 15) is 9.59 Å². The Balaban J connectivity index is 2.22. The molecule has 0 aliphatic carbocycles. The van der Waals surface area contributed by atoms with E-state index in [2.05, 4.69) is 0 Å². The maximum Gasteiger partial charge on any atom is 0.338 e. The van der Waals surface area contributed by atoms with Crippen molar-refractivity contribution in [2.45, 2.75) is 12.8 Å². The number of aliphatic hydroxyl groups is 1. The van der Waals surface area contributed by atoms with Gasteiger partial charge in [-0.2, -0.15) is 0 Å². The van der Waals surface area contributed by atoms with Crippen LogP contribution in [0.2, 0.25) is 0 Å². The molecule has 0 radical (unpaired) electrons. The Labute approximate surface area is 105 Å². The number of anilines is 1. The number of amides is 1. The average Bonchev–Trinajstić information content (AvgIpc) is 2.40. The molecule has 18 heavy (non-hydrogen) atoms. The number of fused-ring (bicyclic) bond motifs is 1. The number of benzene rings is 1. The number of carbonyl (C=O) groups excluding carboxylic acids is 2. The van der Waals surface area contributed by atoms with Crippen molar-refractivity contribution in [3.63, 3.8) is 0 Å². The van der Waals surface area contributed by atoms with Gasteiger partial charge in [0.05, 0.1) is 12.2 Å². The zero-order valence-corrected chi connectivity index (χ0v) is 10.2. The number of rotatable bonds is 3. The van der Waals surface area contributed by atoms with Crippen LogP contribution in [0.4, 0.5) is 5.69 Å². The topological polar surface area (TPSA) is 66.8 Å². The van der Waals surface area contributed by atoms with E-state index in [-0.39, 0.29) is 19.1 Å². The van der Waals surface area contributed by atoms with Gasteiger partial charge in [0, 0.05) is 19.2 Å². The Kier molecular flexibility index (Phi) is 3.62. The van der Waals surface area contributed by atoms with Crippen LogP contribution in [0.15, 0.2) is 18.2 Å². The Morgan fingerprint density at radius 3 is 2.94 bits per heavy atom. The Hall–Kier alpha value is -1.88. The van der Waals surface area contributed by atoms with Crippen molar-refractivity contribution in [3.05, 3.63) is 29.3 Å². The smallest absolute Gasteiger partial charge is 0.338 e. The molecule has 2 rings (SSSR count). The zero-order valence-electron chi connectivity index (χ0n) is 10.2. The summed E-state index contributed by atoms with van der Waals surface area (Å²) in [6, 6.07) is 5.13. The lowest BCUT2D eigenvalue weighted by molar-refractivity contribution is -0.118. The van der Waals surface area contributed by atoms with E-state index in [1.807, 2.05) is 0 Å². The molecule has 5 heteroatoms. The Morgan fingerprint density at radius 1 is 1.44 bits per heavy atom. The fourth-order valence-electron chi connectivity index (χ4n) is 2.01. The maximum absolute atomic E-state index is 11.6. The molecule has 1 aromatic rings. The number of hydrogen-bond donors (Lipinski definition) is 1. The first-order valence-corrected chi connectivity index (χ1v) is 5.81. The average molecular weight is 249 g/mol. The molecule has 1 aliphatic heterocycles. The predicted octanol–water partition coefficient (Wildman–Crippen LogP) is 0.745. The number of aliphatic hydroxyl groups excluding tert-OH is 1. The van der Waals surface area contributed by atoms with Gasteiger partial charge < -0.3 is 14.7 Å². The molecule has 1 aliphatic rings. The number of carbonyl (C=O) groups is 2. The summed E-state index contributed by atoms with van der Waals surface area (Å²) in [4.78, 5) is 24.7. The van der Waals surface area contributed by atoms with Crippen LogP contribution >= 0.6 is 0 Å². The molecule has 0 saturated heterocycles. The van der Waals surface area contributed by atoms with Crippen LogP contribution in [0.25, 0.3) is 0 Å². The molecule has 1 N–H and O–H groups in total. The normalized spacial score (nSPS) is 14.3. The van der Waals surface area contributed by atoms with E-state index >= 15 is 0 Å². The van der Waals surface area contributed by atoms with Crippen LogP contribution in [-0.4, -0.2) is 37.2 Å². The lowest BCUT2D eigenvalue weighted by Crippen LogP contribution is -2.31. The fourth-order valence-corrected chi connectivity index (χ4v) is 2.01. The first-order valence-electron chi connectivity index (χ1n) is 5.81. The van der Waals surface area contributed by atoms with Crippen LogP contribution in [0.3, 0.4) is 0 Å². The van der Waals surface area contributed by atoms with Gasteiger partial charge in [-0.25, -0.2) is 4.79 Å². The summed E-state index contributed by atoms with van der Waals surface area (Å²) < 4.78 is 4.85. The first-order chi connectivity index (χ1) is 8.63. The molecule has 5 nitrogen and oxygen atoms in total. The summed E-state index contributed by atoms with van der Waals surface area (Å²) in [5.41, 5.74) is 2.26. The lowest BCUT2D eigenvalue weighted by atomic mass is 9.99. The summed E-state index contributed by atoms with van der Waals surface area (Å²) in [5, 5.41) is 8.60. The molecule has 96 valence electrons. The molecule has 1 amide bonds. The van der Waals surface area contributed by atoms with Gasteiger partial charge >= 0.3 is 5.97 Å². The van der Waals surface area contributed by atoms with E-state index in [0.29, 0.717) is 18.4 Å². The number of ether oxygens (including phenoxy) is 1. The maximum atomic E-state index is 11.6. The minimum absolute atomic E-state index is 0.00565. The van der Waals surface area contributed by atoms with Crippen molar-refractivity contribution in [2.75, 3.05) is 25.2 Å². The van der Waals surface area contributed by atoms with E-state index in [0.717, 1.165) is 11.3 Å². The molecule has 0 unspecified atom stereocenters. The highest BCUT2D eigenvalue weighted by Gasteiger charge is 2.21. The van der Waals surface area contributed by atoms with Crippen LogP contribution < -0.4 is 4.90 Å². The fraction of sp³-hybridized carbons (Fsp3) is 0.385. The van der Waals surface area contributed by atoms with E-state index in [1.54, 1.807) is 30.1 Å². The number of nitrogens with zero attached hydrogens (tertiary/aromatic N) is 1. The highest BCUT2D eigenvalue weighted by Crippen LogP contribution is 2.27. The molecule has 0 fully saturated rings. The van der Waals surface area contributed by atoms with Crippen molar-refractivity contribution in [2.24, 2.45) is 0 Å². The molecular formula is C13H15NO4. The summed E-state index contributed by atoms with van der Waals surface area (Å²) in [7, 11) is 1.73. The first kappa shape index (κ1) is 12.6. The van der Waals surface area contributed by atoms with Gasteiger partial charge in [-0.3, -0.25) is 4.79 Å². The number of aryl methyl sites for hydroxylation is 1. The van der Waals surface area contributed by atoms with Crippen molar-refractivity contribution in [3.8, 4) is 0 Å². The minimum atomic E-state index is -0.452. The van der Waals surface area contributed by atoms with Crippen LogP contribution in [0, 0.1) is 0 Å². The van der Waals surface area contributed by atoms with Gasteiger partial charge in [-0.1, -0.05) is 0 Å². The second-order valence-corrected chi connectivity index (χ2v) is 4.16. The largest absolute Gasteiger partial charge is 0.460 e. The second-order valence-electron chi connectivity index (χ2n) is 4.16. The minimum Gasteiger partial charge on any atom is -0.460 e. The van der Waals surface area contributed by atoms with Gasteiger partial charge in [0.2, 0.25) is 5.91 Å². The van der Waals surface area contributed by atoms with E-state index < -0.39 is 5.97 Å². The van der Waals surface area contributed by atoms with Gasteiger partial charge in [0.1, 0.15) is 6.61 Å². The van der Waals surface area contributed by atoms with Gasteiger partial charge in [-0.15, -0.1) is 0 Å². The van der Waals surface area contributed by atoms with E-state index in [4.69, 9.17) is 9.84 Å². The second kappa shape index (κ2) is 5.18. The summed E-state index contributed by atoms with van der Waals surface area (Å²) >= 11 is 0. The third kappa shape index (κ3) is 2.36. The van der Waals surface area contributed by atoms with Gasteiger partial charge in [0.15, 0.2) is 0 Å². The third-order valence-electron chi connectivity index (χ3n) is 2.98. The lowest BCUT2D eigenvalue weighted by Gasteiger charge is -2.25. The summed E-state index contributed by atoms with van der Waals surface area (Å²) in [6.07, 6.45) is 1.10. The molecule has 1 aromatic carbocycles. The quantitative estimate of drug-likeness (QED) is 0.802. The van der Waals surface area contributed by atoms with Crippen molar-refractivity contribution < 1.29 is 19.4 Å². The van der Waals surface area contributed by atoms with Gasteiger partial charge in [0.25, 0.3) is 0 Å². The third-order valence-corrected chi connectivity index (χ3v) is 2.98. The molecular weight excluding hydrogens is 234 g/mol. The monoisotopic (exact) mass is 249 g/mol. The number of esters is 1. The van der Waals surface area contributed by atoms with Crippen molar-refractivity contribution in [1.82, 2.24) is 0 Å². The predicted molar refractivity (Wildman–Crippen MR) is 65.5 cm³/mol. The summed E-state index contributed by atoms with van der Waals surface area (Å²) in [5.74, 6) is -0.371. The SMILES string of the molecule is CN1C(=O)CCc2cc(C(=O)OCCO)ccc21. The van der Waals surface area contributed by atoms with Crippen molar-refractivity contribution in [1.29, 1.82) is 0 Å². The molecule has 0 spiro atoms. The van der Waals surface area contributed by atoms with Crippen LogP contribution in [-0.2, 0) is 16.0 Å². The highest BCUT2D eigenvalue weighted by molar-refractivity contribution is 5.97. The summed E-state index contributed by atoms with van der Waals surface area (Å²) in [6.45, 7) is -0.192. The zero-order chi connectivity index (χ0) is 13.1. The molecule has 1 heterocycles.